The van der Waals surface area contributed by atoms with E-state index in [1.807, 2.05) is 0 Å². The van der Waals surface area contributed by atoms with E-state index in [1.165, 1.54) is 21.9 Å². The fraction of sp³-hybridized carbons (Fsp3) is 0.294. The zero-order valence-electron chi connectivity index (χ0n) is 12.8. The van der Waals surface area contributed by atoms with Gasteiger partial charge < -0.3 is 10.0 Å². The maximum atomic E-state index is 14.8. The van der Waals surface area contributed by atoms with Crippen LogP contribution in [-0.4, -0.2) is 23.4 Å². The number of aliphatic hydroxyl groups is 1. The van der Waals surface area contributed by atoms with Crippen molar-refractivity contribution in [1.82, 2.24) is 4.90 Å². The first-order chi connectivity index (χ1) is 11.3. The van der Waals surface area contributed by atoms with Crippen LogP contribution in [0, 0.1) is 0 Å². The quantitative estimate of drug-likeness (QED) is 0.663. The Morgan fingerprint density at radius 2 is 1.67 bits per heavy atom. The molecule has 0 fully saturated rings. The van der Waals surface area contributed by atoms with E-state index < -0.39 is 24.4 Å². The van der Waals surface area contributed by atoms with E-state index in [2.05, 4.69) is 0 Å². The van der Waals surface area contributed by atoms with Crippen LogP contribution >= 0.6 is 0 Å². The van der Waals surface area contributed by atoms with E-state index in [-0.39, 0.29) is 6.54 Å². The highest BCUT2D eigenvalue weighted by Gasteiger charge is 2.36. The SMILES string of the molecule is CN1c2ccccc2C(F)N(Cc2ccc(C(F)(F)F)cc2)C1O. The first-order valence-electron chi connectivity index (χ1n) is 7.35. The summed E-state index contributed by atoms with van der Waals surface area (Å²) in [5, 5.41) is 10.3. The van der Waals surface area contributed by atoms with Crippen LogP contribution in [0.3, 0.4) is 0 Å². The van der Waals surface area contributed by atoms with Gasteiger partial charge in [0.25, 0.3) is 0 Å². The van der Waals surface area contributed by atoms with Gasteiger partial charge in [0.15, 0.2) is 12.6 Å². The monoisotopic (exact) mass is 340 g/mol. The van der Waals surface area contributed by atoms with E-state index in [4.69, 9.17) is 0 Å². The molecule has 0 amide bonds. The van der Waals surface area contributed by atoms with Crippen molar-refractivity contribution in [3.63, 3.8) is 0 Å². The Kier molecular flexibility index (Phi) is 4.23. The molecule has 3 nitrogen and oxygen atoms in total. The van der Waals surface area contributed by atoms with Crippen molar-refractivity contribution in [2.75, 3.05) is 11.9 Å². The Morgan fingerprint density at radius 1 is 1.04 bits per heavy atom. The topological polar surface area (TPSA) is 26.7 Å². The number of anilines is 1. The molecule has 2 atom stereocenters. The third-order valence-electron chi connectivity index (χ3n) is 4.15. The number of benzene rings is 2. The summed E-state index contributed by atoms with van der Waals surface area (Å²) in [6.45, 7) is -0.0147. The second-order valence-electron chi connectivity index (χ2n) is 5.72. The summed E-state index contributed by atoms with van der Waals surface area (Å²) < 4.78 is 52.6. The summed E-state index contributed by atoms with van der Waals surface area (Å²) in [4.78, 5) is 2.71. The standard InChI is InChI=1S/C17H16F4N2O/c1-22-14-5-3-2-4-13(14)15(18)23(16(22)24)10-11-6-8-12(9-7-11)17(19,20)21/h2-9,15-16,24H,10H2,1H3. The number of hydrogen-bond acceptors (Lipinski definition) is 3. The van der Waals surface area contributed by atoms with Gasteiger partial charge in [0.05, 0.1) is 5.56 Å². The lowest BCUT2D eigenvalue weighted by Crippen LogP contribution is -2.50. The number of fused-ring (bicyclic) bond motifs is 1. The fourth-order valence-electron chi connectivity index (χ4n) is 2.82. The van der Waals surface area contributed by atoms with Gasteiger partial charge in [-0.05, 0) is 23.8 Å². The van der Waals surface area contributed by atoms with Gasteiger partial charge in [-0.3, -0.25) is 0 Å². The first-order valence-corrected chi connectivity index (χ1v) is 7.35. The van der Waals surface area contributed by atoms with Gasteiger partial charge in [0, 0.05) is 24.8 Å². The molecule has 1 N–H and O–H groups in total. The number of aliphatic hydroxyl groups excluding tert-OH is 1. The minimum absolute atomic E-state index is 0.0147. The van der Waals surface area contributed by atoms with Crippen LogP contribution in [0.5, 0.6) is 0 Å². The molecule has 0 saturated heterocycles. The van der Waals surface area contributed by atoms with Gasteiger partial charge in [0.1, 0.15) is 0 Å². The van der Waals surface area contributed by atoms with Crippen LogP contribution in [0.25, 0.3) is 0 Å². The zero-order chi connectivity index (χ0) is 17.5. The van der Waals surface area contributed by atoms with Crippen molar-refractivity contribution in [2.24, 2.45) is 0 Å². The maximum Gasteiger partial charge on any atom is 0.416 e. The van der Waals surface area contributed by atoms with Gasteiger partial charge in [-0.2, -0.15) is 13.2 Å². The minimum atomic E-state index is -4.41. The predicted molar refractivity (Wildman–Crippen MR) is 81.7 cm³/mol. The number of alkyl halides is 4. The van der Waals surface area contributed by atoms with Crippen molar-refractivity contribution in [2.45, 2.75) is 25.4 Å². The molecule has 24 heavy (non-hydrogen) atoms. The molecular weight excluding hydrogens is 324 g/mol. The number of halogens is 4. The Labute approximate surface area is 136 Å². The summed E-state index contributed by atoms with van der Waals surface area (Å²) in [5.74, 6) is 0. The van der Waals surface area contributed by atoms with E-state index in [1.54, 1.807) is 31.3 Å². The van der Waals surface area contributed by atoms with Gasteiger partial charge in [-0.15, -0.1) is 0 Å². The zero-order valence-corrected chi connectivity index (χ0v) is 12.8. The Balaban J connectivity index is 1.85. The summed E-state index contributed by atoms with van der Waals surface area (Å²) in [6.07, 6.45) is -7.17. The predicted octanol–water partition coefficient (Wildman–Crippen LogP) is 3.90. The average Bonchev–Trinajstić information content (AvgIpc) is 2.56. The lowest BCUT2D eigenvalue weighted by atomic mass is 10.1. The first kappa shape index (κ1) is 16.7. The largest absolute Gasteiger partial charge is 0.416 e. The van der Waals surface area contributed by atoms with Crippen molar-refractivity contribution in [1.29, 1.82) is 0 Å². The second-order valence-corrected chi connectivity index (χ2v) is 5.72. The normalized spacial score (nSPS) is 21.7. The second kappa shape index (κ2) is 6.07. The van der Waals surface area contributed by atoms with Gasteiger partial charge in [0.2, 0.25) is 0 Å². The molecule has 2 aromatic carbocycles. The highest BCUT2D eigenvalue weighted by Crippen LogP contribution is 2.39. The smallest absolute Gasteiger partial charge is 0.361 e. The Hall–Kier alpha value is -2.12. The van der Waals surface area contributed by atoms with Crippen LogP contribution in [-0.2, 0) is 12.7 Å². The van der Waals surface area contributed by atoms with Crippen molar-refractivity contribution in [3.8, 4) is 0 Å². The molecule has 3 rings (SSSR count). The molecule has 0 aliphatic carbocycles. The molecule has 2 unspecified atom stereocenters. The van der Waals surface area contributed by atoms with E-state index >= 15 is 0 Å². The number of nitrogens with zero attached hydrogens (tertiary/aromatic N) is 2. The molecule has 0 saturated carbocycles. The van der Waals surface area contributed by atoms with Crippen LogP contribution in [0.1, 0.15) is 23.0 Å². The summed E-state index contributed by atoms with van der Waals surface area (Å²) in [7, 11) is 1.63. The highest BCUT2D eigenvalue weighted by molar-refractivity contribution is 5.56. The lowest BCUT2D eigenvalue weighted by Gasteiger charge is -2.42. The third kappa shape index (κ3) is 2.97. The molecule has 0 bridgehead atoms. The summed E-state index contributed by atoms with van der Waals surface area (Å²) >= 11 is 0. The fourth-order valence-corrected chi connectivity index (χ4v) is 2.82. The van der Waals surface area contributed by atoms with E-state index in [0.717, 1.165) is 12.1 Å². The van der Waals surface area contributed by atoms with Crippen LogP contribution < -0.4 is 4.90 Å². The highest BCUT2D eigenvalue weighted by atomic mass is 19.4. The minimum Gasteiger partial charge on any atom is -0.361 e. The summed E-state index contributed by atoms with van der Waals surface area (Å²) in [6, 6.07) is 11.3. The Bertz CT molecular complexity index is 717. The number of para-hydroxylation sites is 1. The summed E-state index contributed by atoms with van der Waals surface area (Å²) in [5.41, 5.74) is 0.723. The molecule has 0 radical (unpaired) electrons. The van der Waals surface area contributed by atoms with Gasteiger partial charge in [-0.25, -0.2) is 9.29 Å². The average molecular weight is 340 g/mol. The van der Waals surface area contributed by atoms with Crippen LogP contribution in [0.15, 0.2) is 48.5 Å². The van der Waals surface area contributed by atoms with Crippen LogP contribution in [0.4, 0.5) is 23.2 Å². The third-order valence-corrected chi connectivity index (χ3v) is 4.15. The van der Waals surface area contributed by atoms with Crippen molar-refractivity contribution in [3.05, 3.63) is 65.2 Å². The van der Waals surface area contributed by atoms with Gasteiger partial charge in [-0.1, -0.05) is 30.3 Å². The van der Waals surface area contributed by atoms with E-state index in [9.17, 15) is 22.7 Å². The lowest BCUT2D eigenvalue weighted by molar-refractivity contribution is -0.137. The Morgan fingerprint density at radius 3 is 2.29 bits per heavy atom. The number of rotatable bonds is 2. The van der Waals surface area contributed by atoms with E-state index in [0.29, 0.717) is 16.8 Å². The molecule has 1 aliphatic heterocycles. The molecular formula is C17H16F4N2O. The molecule has 0 spiro atoms. The van der Waals surface area contributed by atoms with Crippen molar-refractivity contribution < 1.29 is 22.7 Å². The molecule has 2 aromatic rings. The molecule has 1 heterocycles. The van der Waals surface area contributed by atoms with Crippen LogP contribution in [0.2, 0.25) is 0 Å². The molecule has 0 aromatic heterocycles. The molecule has 7 heteroatoms. The maximum absolute atomic E-state index is 14.8. The van der Waals surface area contributed by atoms with Crippen molar-refractivity contribution >= 4 is 5.69 Å². The van der Waals surface area contributed by atoms with Gasteiger partial charge >= 0.3 is 6.18 Å². The number of hydrogen-bond donors (Lipinski definition) is 1. The molecule has 128 valence electrons. The molecule has 1 aliphatic rings.